The fraction of sp³-hybridized carbons (Fsp3) is 0. The second-order valence-corrected chi connectivity index (χ2v) is 8.07. The van der Waals surface area contributed by atoms with E-state index in [1.165, 1.54) is 11.1 Å². The number of anilines is 1. The quantitative estimate of drug-likeness (QED) is 0.338. The van der Waals surface area contributed by atoms with Gasteiger partial charge in [0.15, 0.2) is 5.65 Å². The molecule has 0 fully saturated rings. The van der Waals surface area contributed by atoms with Gasteiger partial charge in [-0.15, -0.1) is 0 Å². The number of hydrogen-bond acceptors (Lipinski definition) is 4. The highest BCUT2D eigenvalue weighted by Crippen LogP contribution is 2.38. The van der Waals surface area contributed by atoms with Crippen molar-refractivity contribution in [3.63, 3.8) is 0 Å². The predicted octanol–water partition coefficient (Wildman–Crippen LogP) is 5.54. The Kier molecular flexibility index (Phi) is 4.35. The number of nitrogens with zero attached hydrogens (tertiary/aromatic N) is 4. The molecule has 3 heterocycles. The fourth-order valence-electron chi connectivity index (χ4n) is 4.16. The van der Waals surface area contributed by atoms with Crippen molar-refractivity contribution >= 4 is 40.1 Å². The Balaban J connectivity index is 1.66. The molecule has 6 nitrogen and oxygen atoms in total. The van der Waals surface area contributed by atoms with Gasteiger partial charge in [-0.2, -0.15) is 5.10 Å². The van der Waals surface area contributed by atoms with Crippen molar-refractivity contribution in [2.24, 2.45) is 0 Å². The fourth-order valence-corrected chi connectivity index (χ4v) is 4.29. The number of carbonyl (C=O) groups is 2. The minimum atomic E-state index is -0.398. The van der Waals surface area contributed by atoms with Gasteiger partial charge < -0.3 is 0 Å². The average Bonchev–Trinajstić information content (AvgIpc) is 3.36. The number of fused-ring (bicyclic) bond motifs is 3. The van der Waals surface area contributed by atoms with Gasteiger partial charge in [0.05, 0.1) is 27.9 Å². The van der Waals surface area contributed by atoms with Crippen LogP contribution in [0.25, 0.3) is 28.0 Å². The summed E-state index contributed by atoms with van der Waals surface area (Å²) in [6.07, 6.45) is 1.47. The lowest BCUT2D eigenvalue weighted by atomic mass is 10.0. The minimum absolute atomic E-state index is 0.263. The first-order valence-electron chi connectivity index (χ1n) is 10.3. The van der Waals surface area contributed by atoms with Crippen molar-refractivity contribution in [3.8, 4) is 16.9 Å². The van der Waals surface area contributed by atoms with Crippen molar-refractivity contribution in [1.82, 2.24) is 14.8 Å². The van der Waals surface area contributed by atoms with E-state index in [-0.39, 0.29) is 5.56 Å². The van der Waals surface area contributed by atoms with Crippen LogP contribution >= 0.6 is 11.6 Å². The number of pyridine rings is 1. The molecule has 0 N–H and O–H groups in total. The molecule has 0 bridgehead atoms. The predicted molar refractivity (Wildman–Crippen MR) is 127 cm³/mol. The Bertz CT molecular complexity index is 1540. The lowest BCUT2D eigenvalue weighted by Crippen LogP contribution is -2.29. The van der Waals surface area contributed by atoms with Gasteiger partial charge in [0.2, 0.25) is 0 Å². The number of rotatable bonds is 3. The van der Waals surface area contributed by atoms with Crippen LogP contribution in [0.5, 0.6) is 0 Å². The van der Waals surface area contributed by atoms with Gasteiger partial charge in [0.1, 0.15) is 5.69 Å². The van der Waals surface area contributed by atoms with Crippen molar-refractivity contribution in [3.05, 3.63) is 107 Å². The molecule has 0 saturated carbocycles. The zero-order chi connectivity index (χ0) is 22.5. The summed E-state index contributed by atoms with van der Waals surface area (Å²) in [7, 11) is 0. The molecule has 158 valence electrons. The molecule has 1 aliphatic rings. The third-order valence-electron chi connectivity index (χ3n) is 5.68. The first-order chi connectivity index (χ1) is 16.1. The first-order valence-corrected chi connectivity index (χ1v) is 10.7. The van der Waals surface area contributed by atoms with Crippen molar-refractivity contribution < 1.29 is 9.59 Å². The normalized spacial score (nSPS) is 13.1. The van der Waals surface area contributed by atoms with Crippen LogP contribution < -0.4 is 4.90 Å². The van der Waals surface area contributed by atoms with Crippen LogP contribution in [-0.2, 0) is 0 Å². The number of imide groups is 1. The van der Waals surface area contributed by atoms with E-state index in [1.807, 2.05) is 48.5 Å². The second-order valence-electron chi connectivity index (χ2n) is 7.63. The maximum absolute atomic E-state index is 13.6. The Morgan fingerprint density at radius 2 is 1.36 bits per heavy atom. The number of amides is 2. The molecule has 3 aromatic carbocycles. The molecule has 0 unspecified atom stereocenters. The molecule has 0 atom stereocenters. The smallest absolute Gasteiger partial charge is 0.267 e. The molecule has 0 saturated heterocycles. The summed E-state index contributed by atoms with van der Waals surface area (Å²) in [5.41, 5.74) is 3.71. The van der Waals surface area contributed by atoms with Gasteiger partial charge in [0, 0.05) is 16.8 Å². The van der Waals surface area contributed by atoms with Gasteiger partial charge in [0.25, 0.3) is 11.8 Å². The number of aromatic nitrogens is 3. The molecule has 7 heteroatoms. The molecule has 2 aromatic heterocycles. The summed E-state index contributed by atoms with van der Waals surface area (Å²) < 4.78 is 1.70. The van der Waals surface area contributed by atoms with Crippen molar-refractivity contribution in [2.45, 2.75) is 0 Å². The topological polar surface area (TPSA) is 68.1 Å². The summed E-state index contributed by atoms with van der Waals surface area (Å²) >= 11 is 6.10. The van der Waals surface area contributed by atoms with E-state index < -0.39 is 11.8 Å². The van der Waals surface area contributed by atoms with E-state index in [1.54, 1.807) is 41.1 Å². The molecule has 0 spiro atoms. The van der Waals surface area contributed by atoms with E-state index in [9.17, 15) is 9.59 Å². The summed E-state index contributed by atoms with van der Waals surface area (Å²) in [6, 6.07) is 25.7. The summed E-state index contributed by atoms with van der Waals surface area (Å²) in [6.45, 7) is 0. The number of carbonyl (C=O) groups excluding carboxylic acids is 2. The highest BCUT2D eigenvalue weighted by Gasteiger charge is 2.40. The molecule has 33 heavy (non-hydrogen) atoms. The van der Waals surface area contributed by atoms with Gasteiger partial charge in [-0.25, -0.2) is 14.6 Å². The Hall–Kier alpha value is -4.29. The second kappa shape index (κ2) is 7.39. The van der Waals surface area contributed by atoms with Crippen molar-refractivity contribution in [1.29, 1.82) is 0 Å². The number of para-hydroxylation sites is 2. The van der Waals surface area contributed by atoms with Gasteiger partial charge in [-0.1, -0.05) is 60.1 Å². The molecular formula is C26H15ClN4O2. The molecule has 0 aliphatic carbocycles. The third kappa shape index (κ3) is 2.96. The standard InChI is InChI=1S/C26H15ClN4O2/c27-17-13-11-16(12-14-17)23-22-21-20(25(32)30(26(21)33)18-7-3-1-4-8-18)15-28-24(22)31(29-23)19-9-5-2-6-10-19/h1-15H. The van der Waals surface area contributed by atoms with Crippen LogP contribution in [0, 0.1) is 0 Å². The maximum atomic E-state index is 13.6. The first kappa shape index (κ1) is 19.4. The summed E-state index contributed by atoms with van der Waals surface area (Å²) in [5.74, 6) is -0.790. The van der Waals surface area contributed by atoms with Crippen LogP contribution in [0.2, 0.25) is 5.02 Å². The van der Waals surface area contributed by atoms with E-state index >= 15 is 0 Å². The molecule has 0 radical (unpaired) electrons. The molecule has 1 aliphatic heterocycles. The lowest BCUT2D eigenvalue weighted by Gasteiger charge is -2.13. The SMILES string of the molecule is O=C1c2cnc3c(c(-c4ccc(Cl)cc4)nn3-c3ccccc3)c2C(=O)N1c1ccccc1. The Labute approximate surface area is 193 Å². The zero-order valence-electron chi connectivity index (χ0n) is 17.1. The monoisotopic (exact) mass is 450 g/mol. The molecular weight excluding hydrogens is 436 g/mol. The lowest BCUT2D eigenvalue weighted by molar-refractivity contribution is 0.0926. The van der Waals surface area contributed by atoms with Gasteiger partial charge in [-0.3, -0.25) is 9.59 Å². The zero-order valence-corrected chi connectivity index (χ0v) is 17.9. The van der Waals surface area contributed by atoms with Crippen LogP contribution in [0.1, 0.15) is 20.7 Å². The van der Waals surface area contributed by atoms with Crippen molar-refractivity contribution in [2.75, 3.05) is 4.90 Å². The molecule has 6 rings (SSSR count). The van der Waals surface area contributed by atoms with E-state index in [4.69, 9.17) is 16.7 Å². The molecule has 5 aromatic rings. The van der Waals surface area contributed by atoms with Crippen LogP contribution in [-0.4, -0.2) is 26.6 Å². The third-order valence-corrected chi connectivity index (χ3v) is 5.93. The van der Waals surface area contributed by atoms with Gasteiger partial charge >= 0.3 is 0 Å². The largest absolute Gasteiger partial charge is 0.268 e. The summed E-state index contributed by atoms with van der Waals surface area (Å²) in [4.78, 5) is 32.6. The number of hydrogen-bond donors (Lipinski definition) is 0. The maximum Gasteiger partial charge on any atom is 0.267 e. The summed E-state index contributed by atoms with van der Waals surface area (Å²) in [5, 5.41) is 5.95. The van der Waals surface area contributed by atoms with Crippen LogP contribution in [0.3, 0.4) is 0 Å². The Morgan fingerprint density at radius 3 is 2.03 bits per heavy atom. The van der Waals surface area contributed by atoms with Crippen LogP contribution in [0.4, 0.5) is 5.69 Å². The number of benzene rings is 3. The van der Waals surface area contributed by atoms with E-state index in [0.717, 1.165) is 11.3 Å². The average molecular weight is 451 g/mol. The molecule has 2 amide bonds. The number of halogens is 1. The highest BCUT2D eigenvalue weighted by atomic mass is 35.5. The van der Waals surface area contributed by atoms with Gasteiger partial charge in [-0.05, 0) is 36.4 Å². The Morgan fingerprint density at radius 1 is 0.727 bits per heavy atom. The van der Waals surface area contributed by atoms with E-state index in [0.29, 0.717) is 33.0 Å². The highest BCUT2D eigenvalue weighted by molar-refractivity contribution is 6.38. The van der Waals surface area contributed by atoms with Crippen LogP contribution in [0.15, 0.2) is 91.1 Å². The minimum Gasteiger partial charge on any atom is -0.268 e. The van der Waals surface area contributed by atoms with E-state index in [2.05, 4.69) is 4.98 Å².